The summed E-state index contributed by atoms with van der Waals surface area (Å²) in [6.45, 7) is 7.98. The standard InChI is InChI=1S/C28H34ClN3O3/c1-4-5-9-24(33)18-31(17-21-10-11-21)19-27-20(2)30-32(23-8-6-7-22(29)16-23)28(27)35-26-14-12-25(34-3)13-15-26/h4,6-8,12-16,21,24,33H,1,5,9-11,17-19H2,2-3H3/t24-/m1/s1. The molecular formula is C28H34ClN3O3. The van der Waals surface area contributed by atoms with Crippen LogP contribution in [-0.2, 0) is 6.54 Å². The van der Waals surface area contributed by atoms with Gasteiger partial charge in [0.2, 0.25) is 5.88 Å². The van der Waals surface area contributed by atoms with Gasteiger partial charge >= 0.3 is 0 Å². The van der Waals surface area contributed by atoms with E-state index < -0.39 is 6.10 Å². The molecule has 0 aliphatic heterocycles. The Hall–Kier alpha value is -2.80. The number of hydrogen-bond donors (Lipinski definition) is 1. The summed E-state index contributed by atoms with van der Waals surface area (Å²) in [5, 5.41) is 16.1. The Morgan fingerprint density at radius 2 is 1.97 bits per heavy atom. The minimum atomic E-state index is -0.402. The van der Waals surface area contributed by atoms with E-state index >= 15 is 0 Å². The van der Waals surface area contributed by atoms with Gasteiger partial charge < -0.3 is 14.6 Å². The van der Waals surface area contributed by atoms with Crippen LogP contribution in [0.2, 0.25) is 5.02 Å². The van der Waals surface area contributed by atoms with Crippen LogP contribution in [0.1, 0.15) is 36.9 Å². The van der Waals surface area contributed by atoms with Gasteiger partial charge in [0, 0.05) is 24.7 Å². The van der Waals surface area contributed by atoms with Gasteiger partial charge in [-0.15, -0.1) is 6.58 Å². The molecule has 1 saturated carbocycles. The molecule has 3 aromatic rings. The summed E-state index contributed by atoms with van der Waals surface area (Å²) in [6.07, 6.45) is 5.45. The maximum atomic E-state index is 10.6. The van der Waals surface area contributed by atoms with Crippen LogP contribution in [0.15, 0.2) is 61.2 Å². The number of aromatic nitrogens is 2. The van der Waals surface area contributed by atoms with Crippen molar-refractivity contribution in [1.29, 1.82) is 0 Å². The van der Waals surface area contributed by atoms with Gasteiger partial charge in [0.05, 0.1) is 30.2 Å². The normalized spacial score (nSPS) is 14.2. The van der Waals surface area contributed by atoms with E-state index in [1.807, 2.05) is 66.2 Å². The van der Waals surface area contributed by atoms with Crippen molar-refractivity contribution in [2.75, 3.05) is 20.2 Å². The van der Waals surface area contributed by atoms with Crippen molar-refractivity contribution >= 4 is 11.6 Å². The second-order valence-corrected chi connectivity index (χ2v) is 9.63. The Kier molecular flexibility index (Phi) is 8.50. The zero-order valence-corrected chi connectivity index (χ0v) is 21.2. The van der Waals surface area contributed by atoms with Crippen LogP contribution in [0.5, 0.6) is 17.4 Å². The largest absolute Gasteiger partial charge is 0.497 e. The molecule has 2 aromatic carbocycles. The Bertz CT molecular complexity index is 1120. The van der Waals surface area contributed by atoms with Crippen molar-refractivity contribution in [3.05, 3.63) is 77.5 Å². The van der Waals surface area contributed by atoms with Crippen LogP contribution in [-0.4, -0.2) is 46.1 Å². The molecule has 1 aliphatic rings. The number of aryl methyl sites for hydroxylation is 1. The molecule has 1 aromatic heterocycles. The summed E-state index contributed by atoms with van der Waals surface area (Å²) in [5.41, 5.74) is 2.71. The van der Waals surface area contributed by atoms with Crippen molar-refractivity contribution in [1.82, 2.24) is 14.7 Å². The Labute approximate surface area is 212 Å². The van der Waals surface area contributed by atoms with Crippen LogP contribution in [0.3, 0.4) is 0 Å². The fraction of sp³-hybridized carbons (Fsp3) is 0.393. The molecule has 0 bridgehead atoms. The van der Waals surface area contributed by atoms with E-state index in [2.05, 4.69) is 11.5 Å². The fourth-order valence-corrected chi connectivity index (χ4v) is 4.34. The maximum absolute atomic E-state index is 10.6. The number of aliphatic hydroxyl groups excluding tert-OH is 1. The average molecular weight is 496 g/mol. The van der Waals surface area contributed by atoms with E-state index in [9.17, 15) is 5.11 Å². The molecule has 35 heavy (non-hydrogen) atoms. The summed E-state index contributed by atoms with van der Waals surface area (Å²) in [6, 6.07) is 15.1. The zero-order chi connectivity index (χ0) is 24.8. The van der Waals surface area contributed by atoms with Gasteiger partial charge in [-0.3, -0.25) is 4.90 Å². The second kappa shape index (κ2) is 11.8. The molecule has 1 N–H and O–H groups in total. The molecule has 0 amide bonds. The highest BCUT2D eigenvalue weighted by atomic mass is 35.5. The fourth-order valence-electron chi connectivity index (χ4n) is 4.16. The van der Waals surface area contributed by atoms with Gasteiger partial charge in [-0.1, -0.05) is 23.7 Å². The lowest BCUT2D eigenvalue weighted by molar-refractivity contribution is 0.0991. The lowest BCUT2D eigenvalue weighted by Gasteiger charge is -2.25. The maximum Gasteiger partial charge on any atom is 0.227 e. The average Bonchev–Trinajstić information content (AvgIpc) is 3.62. The van der Waals surface area contributed by atoms with E-state index in [0.29, 0.717) is 42.1 Å². The van der Waals surface area contributed by atoms with E-state index in [0.717, 1.165) is 35.7 Å². The third-order valence-electron chi connectivity index (χ3n) is 6.23. The molecule has 7 heteroatoms. The molecule has 0 spiro atoms. The predicted molar refractivity (Wildman–Crippen MR) is 140 cm³/mol. The van der Waals surface area contributed by atoms with Gasteiger partial charge in [-0.2, -0.15) is 5.10 Å². The Balaban J connectivity index is 1.67. The van der Waals surface area contributed by atoms with Gasteiger partial charge in [-0.05, 0) is 81.0 Å². The second-order valence-electron chi connectivity index (χ2n) is 9.20. The first kappa shape index (κ1) is 25.3. The number of aliphatic hydroxyl groups is 1. The molecule has 186 valence electrons. The van der Waals surface area contributed by atoms with Crippen molar-refractivity contribution in [3.8, 4) is 23.1 Å². The van der Waals surface area contributed by atoms with E-state index in [-0.39, 0.29) is 0 Å². The van der Waals surface area contributed by atoms with Gasteiger partial charge in [0.1, 0.15) is 11.5 Å². The lowest BCUT2D eigenvalue weighted by Crippen LogP contribution is -2.34. The summed E-state index contributed by atoms with van der Waals surface area (Å²) in [5.74, 6) is 2.79. The molecule has 1 heterocycles. The van der Waals surface area contributed by atoms with E-state index in [1.54, 1.807) is 7.11 Å². The van der Waals surface area contributed by atoms with Crippen molar-refractivity contribution in [2.24, 2.45) is 5.92 Å². The summed E-state index contributed by atoms with van der Waals surface area (Å²) in [7, 11) is 1.64. The first-order valence-corrected chi connectivity index (χ1v) is 12.5. The SMILES string of the molecule is C=CCC[C@@H](O)CN(Cc1c(C)nn(-c2cccc(Cl)c2)c1Oc1ccc(OC)cc1)CC1CC1. The molecule has 6 nitrogen and oxygen atoms in total. The number of hydrogen-bond acceptors (Lipinski definition) is 5. The number of halogens is 1. The molecule has 0 radical (unpaired) electrons. The number of nitrogens with zero attached hydrogens (tertiary/aromatic N) is 3. The van der Waals surface area contributed by atoms with Gasteiger partial charge in [-0.25, -0.2) is 4.68 Å². The molecule has 0 unspecified atom stereocenters. The monoisotopic (exact) mass is 495 g/mol. The van der Waals surface area contributed by atoms with Crippen LogP contribution in [0.25, 0.3) is 5.69 Å². The summed E-state index contributed by atoms with van der Waals surface area (Å²) < 4.78 is 13.5. The van der Waals surface area contributed by atoms with Crippen molar-refractivity contribution < 1.29 is 14.6 Å². The topological polar surface area (TPSA) is 59.8 Å². The molecule has 1 atom stereocenters. The highest BCUT2D eigenvalue weighted by molar-refractivity contribution is 6.30. The molecular weight excluding hydrogens is 462 g/mol. The Morgan fingerprint density at radius 1 is 1.23 bits per heavy atom. The molecule has 1 aliphatic carbocycles. The van der Waals surface area contributed by atoms with E-state index in [1.165, 1.54) is 12.8 Å². The number of rotatable bonds is 13. The molecule has 0 saturated heterocycles. The third-order valence-corrected chi connectivity index (χ3v) is 6.47. The molecule has 4 rings (SSSR count). The highest BCUT2D eigenvalue weighted by Crippen LogP contribution is 2.35. The van der Waals surface area contributed by atoms with Gasteiger partial charge in [0.15, 0.2) is 0 Å². The van der Waals surface area contributed by atoms with Gasteiger partial charge in [0.25, 0.3) is 0 Å². The highest BCUT2D eigenvalue weighted by Gasteiger charge is 2.28. The van der Waals surface area contributed by atoms with E-state index in [4.69, 9.17) is 26.2 Å². The Morgan fingerprint density at radius 3 is 2.63 bits per heavy atom. The number of allylic oxidation sites excluding steroid dienone is 1. The van der Waals surface area contributed by atoms with Crippen LogP contribution in [0, 0.1) is 12.8 Å². The van der Waals surface area contributed by atoms with Crippen molar-refractivity contribution in [2.45, 2.75) is 45.3 Å². The molecule has 1 fully saturated rings. The predicted octanol–water partition coefficient (Wildman–Crippen LogP) is 6.17. The number of methoxy groups -OCH3 is 1. The first-order valence-electron chi connectivity index (χ1n) is 12.1. The smallest absolute Gasteiger partial charge is 0.227 e. The van der Waals surface area contributed by atoms with Crippen LogP contribution < -0.4 is 9.47 Å². The first-order chi connectivity index (χ1) is 17.0. The quantitative estimate of drug-likeness (QED) is 0.287. The minimum Gasteiger partial charge on any atom is -0.497 e. The number of ether oxygens (including phenoxy) is 2. The van der Waals surface area contributed by atoms with Crippen molar-refractivity contribution in [3.63, 3.8) is 0 Å². The summed E-state index contributed by atoms with van der Waals surface area (Å²) >= 11 is 6.30. The third kappa shape index (κ3) is 6.88. The van der Waals surface area contributed by atoms with Crippen LogP contribution >= 0.6 is 11.6 Å². The van der Waals surface area contributed by atoms with Crippen LogP contribution in [0.4, 0.5) is 0 Å². The number of benzene rings is 2. The minimum absolute atomic E-state index is 0.402. The zero-order valence-electron chi connectivity index (χ0n) is 20.5. The lowest BCUT2D eigenvalue weighted by atomic mass is 10.1. The summed E-state index contributed by atoms with van der Waals surface area (Å²) in [4.78, 5) is 2.33.